The van der Waals surface area contributed by atoms with Gasteiger partial charge in [-0.15, -0.1) is 0 Å². The molecular formula is C18H20FN5O. The van der Waals surface area contributed by atoms with Gasteiger partial charge < -0.3 is 4.90 Å². The summed E-state index contributed by atoms with van der Waals surface area (Å²) >= 11 is 0. The minimum atomic E-state index is -0.232. The van der Waals surface area contributed by atoms with E-state index >= 15 is 0 Å². The third-order valence-corrected chi connectivity index (χ3v) is 5.09. The number of nitrogens with zero attached hydrogens (tertiary/aromatic N) is 4. The lowest BCUT2D eigenvalue weighted by molar-refractivity contribution is 0.458. The molecule has 1 fully saturated rings. The number of aromatic amines is 1. The van der Waals surface area contributed by atoms with E-state index in [2.05, 4.69) is 26.9 Å². The number of H-pyrrole nitrogens is 1. The smallest absolute Gasteiger partial charge is 0.263 e. The molecule has 0 radical (unpaired) electrons. The van der Waals surface area contributed by atoms with E-state index in [1.54, 1.807) is 11.7 Å². The SMILES string of the molecule is Cn1ncc2c(=O)[nH]c(N3CCCC3(C)Cc3ccc(F)cc3)nc21. The fourth-order valence-corrected chi connectivity index (χ4v) is 3.76. The van der Waals surface area contributed by atoms with Gasteiger partial charge in [-0.05, 0) is 43.9 Å². The van der Waals surface area contributed by atoms with Crippen molar-refractivity contribution in [3.63, 3.8) is 0 Å². The Labute approximate surface area is 144 Å². The second-order valence-electron chi connectivity index (χ2n) is 6.95. The van der Waals surface area contributed by atoms with Gasteiger partial charge in [-0.2, -0.15) is 10.1 Å². The molecule has 1 unspecified atom stereocenters. The maximum atomic E-state index is 13.2. The molecule has 0 bridgehead atoms. The Kier molecular flexibility index (Phi) is 3.59. The number of benzene rings is 1. The van der Waals surface area contributed by atoms with Gasteiger partial charge in [0.05, 0.1) is 6.20 Å². The summed E-state index contributed by atoms with van der Waals surface area (Å²) in [6, 6.07) is 6.61. The van der Waals surface area contributed by atoms with Gasteiger partial charge in [0, 0.05) is 19.1 Å². The zero-order valence-electron chi connectivity index (χ0n) is 14.3. The first kappa shape index (κ1) is 15.8. The maximum absolute atomic E-state index is 13.2. The molecule has 0 spiro atoms. The van der Waals surface area contributed by atoms with Crippen LogP contribution in [-0.2, 0) is 13.5 Å². The van der Waals surface area contributed by atoms with Crippen molar-refractivity contribution in [3.8, 4) is 0 Å². The molecule has 1 atom stereocenters. The van der Waals surface area contributed by atoms with Gasteiger partial charge >= 0.3 is 0 Å². The monoisotopic (exact) mass is 341 g/mol. The second-order valence-corrected chi connectivity index (χ2v) is 6.95. The van der Waals surface area contributed by atoms with Crippen molar-refractivity contribution in [2.24, 2.45) is 7.05 Å². The van der Waals surface area contributed by atoms with E-state index in [0.717, 1.165) is 31.4 Å². The van der Waals surface area contributed by atoms with Crippen LogP contribution in [-0.4, -0.2) is 31.8 Å². The van der Waals surface area contributed by atoms with Crippen LogP contribution >= 0.6 is 0 Å². The number of hydrogen-bond donors (Lipinski definition) is 1. The largest absolute Gasteiger partial charge is 0.337 e. The molecule has 1 aliphatic rings. The molecule has 0 aliphatic carbocycles. The van der Waals surface area contributed by atoms with Crippen molar-refractivity contribution in [3.05, 3.63) is 52.2 Å². The van der Waals surface area contributed by atoms with Crippen molar-refractivity contribution in [1.82, 2.24) is 19.7 Å². The topological polar surface area (TPSA) is 66.8 Å². The summed E-state index contributed by atoms with van der Waals surface area (Å²) in [6.45, 7) is 2.99. The van der Waals surface area contributed by atoms with Gasteiger partial charge in [0.15, 0.2) is 5.65 Å². The van der Waals surface area contributed by atoms with Crippen molar-refractivity contribution in [1.29, 1.82) is 0 Å². The van der Waals surface area contributed by atoms with Crippen LogP contribution in [0.1, 0.15) is 25.3 Å². The summed E-state index contributed by atoms with van der Waals surface area (Å²) in [6.07, 6.45) is 4.30. The van der Waals surface area contributed by atoms with Crippen LogP contribution in [0, 0.1) is 5.82 Å². The highest BCUT2D eigenvalue weighted by Crippen LogP contribution is 2.35. The lowest BCUT2D eigenvalue weighted by Gasteiger charge is -2.36. The van der Waals surface area contributed by atoms with Gasteiger partial charge in [-0.25, -0.2) is 4.39 Å². The standard InChI is InChI=1S/C18H20FN5O/c1-18(10-12-4-6-13(19)7-5-12)8-3-9-24(18)17-21-15-14(16(25)22-17)11-20-23(15)2/h4-7,11H,3,8-10H2,1-2H3,(H,21,22,25). The van der Waals surface area contributed by atoms with Crippen LogP contribution in [0.5, 0.6) is 0 Å². The minimum Gasteiger partial charge on any atom is -0.337 e. The molecule has 1 saturated heterocycles. The molecule has 1 aliphatic heterocycles. The zero-order valence-corrected chi connectivity index (χ0v) is 14.3. The Hall–Kier alpha value is -2.70. The van der Waals surface area contributed by atoms with Gasteiger partial charge in [-0.1, -0.05) is 12.1 Å². The minimum absolute atomic E-state index is 0.177. The molecule has 0 amide bonds. The first-order valence-corrected chi connectivity index (χ1v) is 8.40. The second kappa shape index (κ2) is 5.68. The zero-order chi connectivity index (χ0) is 17.6. The predicted molar refractivity (Wildman–Crippen MR) is 94.2 cm³/mol. The molecule has 1 aromatic carbocycles. The molecule has 4 rings (SSSR count). The summed E-state index contributed by atoms with van der Waals surface area (Å²) in [5.74, 6) is 0.341. The average Bonchev–Trinajstić information content (AvgIpc) is 3.14. The highest BCUT2D eigenvalue weighted by Gasteiger charge is 2.38. The molecule has 0 saturated carbocycles. The molecule has 25 heavy (non-hydrogen) atoms. The van der Waals surface area contributed by atoms with E-state index in [-0.39, 0.29) is 16.9 Å². The van der Waals surface area contributed by atoms with Gasteiger partial charge in [-0.3, -0.25) is 14.5 Å². The lowest BCUT2D eigenvalue weighted by atomic mass is 9.90. The van der Waals surface area contributed by atoms with E-state index in [4.69, 9.17) is 0 Å². The first-order valence-electron chi connectivity index (χ1n) is 8.40. The van der Waals surface area contributed by atoms with E-state index < -0.39 is 0 Å². The summed E-state index contributed by atoms with van der Waals surface area (Å²) in [5.41, 5.74) is 1.29. The van der Waals surface area contributed by atoms with Crippen LogP contribution < -0.4 is 10.5 Å². The number of halogens is 1. The first-order chi connectivity index (χ1) is 12.0. The summed E-state index contributed by atoms with van der Waals surface area (Å²) < 4.78 is 14.8. The van der Waals surface area contributed by atoms with E-state index in [1.807, 2.05) is 12.1 Å². The molecule has 3 aromatic rings. The van der Waals surface area contributed by atoms with Crippen molar-refractivity contribution in [2.45, 2.75) is 31.7 Å². The van der Waals surface area contributed by atoms with Gasteiger partial charge in [0.2, 0.25) is 5.95 Å². The fraction of sp³-hybridized carbons (Fsp3) is 0.389. The molecule has 3 heterocycles. The Morgan fingerprint density at radius 1 is 1.32 bits per heavy atom. The molecule has 6 nitrogen and oxygen atoms in total. The van der Waals surface area contributed by atoms with Crippen LogP contribution in [0.15, 0.2) is 35.3 Å². The number of aryl methyl sites for hydroxylation is 1. The van der Waals surface area contributed by atoms with Crippen LogP contribution in [0.3, 0.4) is 0 Å². The number of aromatic nitrogens is 4. The molecule has 7 heteroatoms. The molecule has 130 valence electrons. The predicted octanol–water partition coefficient (Wildman–Crippen LogP) is 2.40. The quantitative estimate of drug-likeness (QED) is 0.794. The van der Waals surface area contributed by atoms with Crippen LogP contribution in [0.25, 0.3) is 11.0 Å². The third kappa shape index (κ3) is 2.69. The highest BCUT2D eigenvalue weighted by atomic mass is 19.1. The maximum Gasteiger partial charge on any atom is 0.263 e. The van der Waals surface area contributed by atoms with Crippen LogP contribution in [0.2, 0.25) is 0 Å². The summed E-state index contributed by atoms with van der Waals surface area (Å²) in [5, 5.41) is 4.61. The lowest BCUT2D eigenvalue weighted by Crippen LogP contribution is -2.44. The van der Waals surface area contributed by atoms with Crippen molar-refractivity contribution in [2.75, 3.05) is 11.4 Å². The van der Waals surface area contributed by atoms with Crippen molar-refractivity contribution >= 4 is 17.0 Å². The molecular weight excluding hydrogens is 321 g/mol. The van der Waals surface area contributed by atoms with Crippen molar-refractivity contribution < 1.29 is 4.39 Å². The Bertz CT molecular complexity index is 977. The fourth-order valence-electron chi connectivity index (χ4n) is 3.76. The normalized spacial score (nSPS) is 20.5. The number of rotatable bonds is 3. The Balaban J connectivity index is 1.72. The number of fused-ring (bicyclic) bond motifs is 1. The van der Waals surface area contributed by atoms with Gasteiger partial charge in [0.25, 0.3) is 5.56 Å². The van der Waals surface area contributed by atoms with Gasteiger partial charge in [0.1, 0.15) is 11.2 Å². The molecule has 2 aromatic heterocycles. The van der Waals surface area contributed by atoms with Crippen LogP contribution in [0.4, 0.5) is 10.3 Å². The summed E-state index contributed by atoms with van der Waals surface area (Å²) in [4.78, 5) is 22.1. The summed E-state index contributed by atoms with van der Waals surface area (Å²) in [7, 11) is 1.78. The number of anilines is 1. The third-order valence-electron chi connectivity index (χ3n) is 5.09. The molecule has 1 N–H and O–H groups in total. The number of hydrogen-bond acceptors (Lipinski definition) is 4. The van der Waals surface area contributed by atoms with E-state index in [1.165, 1.54) is 18.3 Å². The van der Waals surface area contributed by atoms with E-state index in [9.17, 15) is 9.18 Å². The number of nitrogens with one attached hydrogen (secondary N) is 1. The average molecular weight is 341 g/mol. The van der Waals surface area contributed by atoms with E-state index in [0.29, 0.717) is 17.0 Å². The highest BCUT2D eigenvalue weighted by molar-refractivity contribution is 5.74. The Morgan fingerprint density at radius 2 is 2.08 bits per heavy atom. The Morgan fingerprint density at radius 3 is 2.84 bits per heavy atom.